The first-order valence-electron chi connectivity index (χ1n) is 26.7. The monoisotopic (exact) mass is 925 g/mol. The Hall–Kier alpha value is -4.45. The van der Waals surface area contributed by atoms with Crippen LogP contribution in [0.15, 0.2) is 134 Å². The Morgan fingerprint density at radius 2 is 0.597 bits per heavy atom. The van der Waals surface area contributed by atoms with Crippen LogP contribution in [-0.4, -0.2) is 37.2 Å². The summed E-state index contributed by atoms with van der Waals surface area (Å²) in [5.74, 6) is -1.01. The van der Waals surface area contributed by atoms with E-state index in [1.807, 2.05) is 0 Å². The number of unbranched alkanes of at least 4 members (excludes halogenated alkanes) is 13. The predicted molar refractivity (Wildman–Crippen MR) is 288 cm³/mol. The molecule has 0 radical (unpaired) electrons. The van der Waals surface area contributed by atoms with Crippen LogP contribution in [0, 0.1) is 0 Å². The molecule has 0 amide bonds. The van der Waals surface area contributed by atoms with Crippen LogP contribution in [-0.2, 0) is 28.6 Å². The van der Waals surface area contributed by atoms with E-state index >= 15 is 0 Å². The zero-order valence-corrected chi connectivity index (χ0v) is 42.9. The van der Waals surface area contributed by atoms with E-state index in [1.165, 1.54) is 19.3 Å². The lowest BCUT2D eigenvalue weighted by molar-refractivity contribution is -0.167. The molecule has 0 aliphatic heterocycles. The van der Waals surface area contributed by atoms with Gasteiger partial charge < -0.3 is 14.2 Å². The molecule has 0 rings (SSSR count). The van der Waals surface area contributed by atoms with Crippen molar-refractivity contribution in [1.82, 2.24) is 0 Å². The van der Waals surface area contributed by atoms with Gasteiger partial charge in [0.1, 0.15) is 13.2 Å². The van der Waals surface area contributed by atoms with Gasteiger partial charge in [0.25, 0.3) is 0 Å². The molecule has 0 aliphatic carbocycles. The minimum atomic E-state index is -0.825. The van der Waals surface area contributed by atoms with Crippen molar-refractivity contribution in [2.45, 2.75) is 219 Å². The minimum Gasteiger partial charge on any atom is -0.462 e. The van der Waals surface area contributed by atoms with Crippen molar-refractivity contribution in [3.63, 3.8) is 0 Å². The summed E-state index contributed by atoms with van der Waals surface area (Å²) in [5.41, 5.74) is 0. The molecular formula is C61H96O6. The van der Waals surface area contributed by atoms with Crippen LogP contribution in [0.3, 0.4) is 0 Å². The number of hydrogen-bond donors (Lipinski definition) is 0. The van der Waals surface area contributed by atoms with Gasteiger partial charge in [0, 0.05) is 19.3 Å². The normalized spacial score (nSPS) is 13.2. The summed E-state index contributed by atoms with van der Waals surface area (Å²) in [5, 5.41) is 0. The second-order valence-electron chi connectivity index (χ2n) is 17.0. The fraction of sp³-hybridized carbons (Fsp3) is 0.590. The van der Waals surface area contributed by atoms with E-state index in [4.69, 9.17) is 14.2 Å². The summed E-state index contributed by atoms with van der Waals surface area (Å²) >= 11 is 0. The van der Waals surface area contributed by atoms with E-state index in [-0.39, 0.29) is 37.5 Å². The molecule has 6 nitrogen and oxygen atoms in total. The first-order chi connectivity index (χ1) is 33.0. The first kappa shape index (κ1) is 62.5. The highest BCUT2D eigenvalue weighted by Gasteiger charge is 2.19. The van der Waals surface area contributed by atoms with Crippen molar-refractivity contribution in [3.8, 4) is 0 Å². The number of allylic oxidation sites excluding steroid dienone is 22. The van der Waals surface area contributed by atoms with Crippen molar-refractivity contribution in [2.24, 2.45) is 0 Å². The smallest absolute Gasteiger partial charge is 0.306 e. The summed E-state index contributed by atoms with van der Waals surface area (Å²) in [4.78, 5) is 38.0. The Bertz CT molecular complexity index is 1480. The maximum Gasteiger partial charge on any atom is 0.306 e. The van der Waals surface area contributed by atoms with E-state index < -0.39 is 6.10 Å². The van der Waals surface area contributed by atoms with Crippen molar-refractivity contribution >= 4 is 17.9 Å². The molecule has 0 aliphatic rings. The van der Waals surface area contributed by atoms with E-state index in [1.54, 1.807) is 0 Å². The Kier molecular flexibility index (Phi) is 50.6. The summed E-state index contributed by atoms with van der Waals surface area (Å²) in [7, 11) is 0. The van der Waals surface area contributed by atoms with Gasteiger partial charge in [-0.15, -0.1) is 0 Å². The van der Waals surface area contributed by atoms with Gasteiger partial charge in [0.15, 0.2) is 6.10 Å². The maximum atomic E-state index is 12.8. The number of ether oxygens (including phenoxy) is 3. The van der Waals surface area contributed by atoms with Crippen molar-refractivity contribution in [3.05, 3.63) is 134 Å². The fourth-order valence-electron chi connectivity index (χ4n) is 6.68. The molecule has 1 unspecified atom stereocenters. The molecule has 0 fully saturated rings. The van der Waals surface area contributed by atoms with Crippen molar-refractivity contribution < 1.29 is 28.6 Å². The molecule has 67 heavy (non-hydrogen) atoms. The highest BCUT2D eigenvalue weighted by Crippen LogP contribution is 2.12. The summed E-state index contributed by atoms with van der Waals surface area (Å²) in [6, 6.07) is 0. The Balaban J connectivity index is 4.54. The number of rotatable bonds is 46. The molecule has 376 valence electrons. The number of carbonyl (C=O) groups excluding carboxylic acids is 3. The molecule has 1 atom stereocenters. The maximum absolute atomic E-state index is 12.8. The SMILES string of the molecule is CC/C=C\C/C=C\C/C=C\C/C=C\C/C=C\CCCC(=O)OC(COC(=O)CCCCCCC/C=C\C/C=C\CCC)COC(=O)CCCCCCCC/C=C\C/C=C\C/C=C\C/C=C\CC. The van der Waals surface area contributed by atoms with Crippen LogP contribution in [0.5, 0.6) is 0 Å². The highest BCUT2D eigenvalue weighted by atomic mass is 16.6. The largest absolute Gasteiger partial charge is 0.462 e. The molecule has 0 aromatic heterocycles. The van der Waals surface area contributed by atoms with Crippen LogP contribution < -0.4 is 0 Å². The van der Waals surface area contributed by atoms with Gasteiger partial charge in [-0.3, -0.25) is 14.4 Å². The number of carbonyl (C=O) groups is 3. The van der Waals surface area contributed by atoms with E-state index in [9.17, 15) is 14.4 Å². The predicted octanol–water partition coefficient (Wildman–Crippen LogP) is 17.9. The average molecular weight is 925 g/mol. The number of esters is 3. The molecule has 6 heteroatoms. The van der Waals surface area contributed by atoms with Crippen LogP contribution >= 0.6 is 0 Å². The highest BCUT2D eigenvalue weighted by molar-refractivity contribution is 5.71. The van der Waals surface area contributed by atoms with Gasteiger partial charge in [-0.1, -0.05) is 206 Å². The Morgan fingerprint density at radius 3 is 0.955 bits per heavy atom. The van der Waals surface area contributed by atoms with Gasteiger partial charge in [-0.2, -0.15) is 0 Å². The van der Waals surface area contributed by atoms with Crippen LogP contribution in [0.4, 0.5) is 0 Å². The topological polar surface area (TPSA) is 78.9 Å². The molecule has 0 N–H and O–H groups in total. The van der Waals surface area contributed by atoms with Gasteiger partial charge >= 0.3 is 17.9 Å². The summed E-state index contributed by atoms with van der Waals surface area (Å²) in [6.45, 7) is 6.26. The van der Waals surface area contributed by atoms with E-state index in [0.29, 0.717) is 19.3 Å². The second kappa shape index (κ2) is 54.2. The Morgan fingerprint density at radius 1 is 0.313 bits per heavy atom. The summed E-state index contributed by atoms with van der Waals surface area (Å²) < 4.78 is 16.7. The molecule has 0 saturated heterocycles. The van der Waals surface area contributed by atoms with E-state index in [2.05, 4.69) is 154 Å². The molecular weight excluding hydrogens is 829 g/mol. The third-order valence-corrected chi connectivity index (χ3v) is 10.6. The van der Waals surface area contributed by atoms with Gasteiger partial charge in [-0.25, -0.2) is 0 Å². The molecule has 0 aromatic rings. The van der Waals surface area contributed by atoms with Crippen LogP contribution in [0.1, 0.15) is 213 Å². The second-order valence-corrected chi connectivity index (χ2v) is 17.0. The third-order valence-electron chi connectivity index (χ3n) is 10.6. The van der Waals surface area contributed by atoms with E-state index in [0.717, 1.165) is 148 Å². The summed E-state index contributed by atoms with van der Waals surface area (Å²) in [6.07, 6.45) is 75.8. The van der Waals surface area contributed by atoms with Gasteiger partial charge in [0.05, 0.1) is 0 Å². The standard InChI is InChI=1S/C61H96O6/c1-4-7-10-13-16-19-22-25-27-29-30-32-33-36-39-42-45-48-51-54-60(63)66-57-58(56-65-59(62)53-50-47-44-41-38-35-24-21-18-15-12-9-6-3)67-61(64)55-52-49-46-43-40-37-34-31-28-26-23-20-17-14-11-8-5-2/h7-8,10-12,15-17,19-21,24-28,30,32,34,37,43,46,58H,4-6,9,13-14,18,22-23,29,31,33,35-36,38-42,44-45,47-57H2,1-3H3/b10-7-,11-8-,15-12-,19-16-,20-17-,24-21-,27-25-,28-26-,32-30-,37-34-,46-43-. The molecule has 0 bridgehead atoms. The lowest BCUT2D eigenvalue weighted by Crippen LogP contribution is -2.30. The molecule has 0 saturated carbocycles. The van der Waals surface area contributed by atoms with Gasteiger partial charge in [-0.05, 0) is 122 Å². The molecule has 0 spiro atoms. The van der Waals surface area contributed by atoms with Crippen LogP contribution in [0.25, 0.3) is 0 Å². The zero-order chi connectivity index (χ0) is 48.6. The Labute approximate surface area is 411 Å². The average Bonchev–Trinajstić information content (AvgIpc) is 3.33. The number of hydrogen-bond acceptors (Lipinski definition) is 6. The van der Waals surface area contributed by atoms with Crippen molar-refractivity contribution in [1.29, 1.82) is 0 Å². The van der Waals surface area contributed by atoms with Crippen molar-refractivity contribution in [2.75, 3.05) is 13.2 Å². The third kappa shape index (κ3) is 52.4. The molecule has 0 heterocycles. The lowest BCUT2D eigenvalue weighted by atomic mass is 10.1. The minimum absolute atomic E-state index is 0.118. The lowest BCUT2D eigenvalue weighted by Gasteiger charge is -2.18. The molecule has 0 aromatic carbocycles. The first-order valence-corrected chi connectivity index (χ1v) is 26.7. The van der Waals surface area contributed by atoms with Gasteiger partial charge in [0.2, 0.25) is 0 Å². The van der Waals surface area contributed by atoms with Crippen LogP contribution in [0.2, 0.25) is 0 Å². The zero-order valence-electron chi connectivity index (χ0n) is 42.9. The fourth-order valence-corrected chi connectivity index (χ4v) is 6.68. The quantitative estimate of drug-likeness (QED) is 0.0262.